The number of aromatic amines is 1. The van der Waals surface area contributed by atoms with Crippen molar-refractivity contribution in [1.29, 1.82) is 0 Å². The summed E-state index contributed by atoms with van der Waals surface area (Å²) in [7, 11) is 1.63. The zero-order valence-corrected chi connectivity index (χ0v) is 17.5. The van der Waals surface area contributed by atoms with Crippen molar-refractivity contribution >= 4 is 40.0 Å². The van der Waals surface area contributed by atoms with E-state index in [0.717, 1.165) is 28.0 Å². The average Bonchev–Trinajstić information content (AvgIpc) is 3.42. The van der Waals surface area contributed by atoms with E-state index in [1.54, 1.807) is 7.11 Å². The number of rotatable bonds is 6. The van der Waals surface area contributed by atoms with Crippen molar-refractivity contribution in [2.24, 2.45) is 0 Å². The molecule has 5 rings (SSSR count). The fourth-order valence-corrected chi connectivity index (χ4v) is 4.02. The zero-order valence-electron chi connectivity index (χ0n) is 16.7. The summed E-state index contributed by atoms with van der Waals surface area (Å²) in [5, 5.41) is 3.65. The minimum Gasteiger partial charge on any atom is -0.497 e. The number of ether oxygens (including phenoxy) is 1. The summed E-state index contributed by atoms with van der Waals surface area (Å²) in [5.41, 5.74) is 4.97. The molecule has 5 aromatic rings. The second-order valence-electron chi connectivity index (χ2n) is 6.91. The van der Waals surface area contributed by atoms with Crippen LogP contribution in [0.5, 0.6) is 5.75 Å². The monoisotopic (exact) mass is 429 g/mol. The lowest BCUT2D eigenvalue weighted by Gasteiger charge is -2.05. The van der Waals surface area contributed by atoms with E-state index in [-0.39, 0.29) is 11.7 Å². The van der Waals surface area contributed by atoms with Crippen LogP contribution >= 0.6 is 11.8 Å². The standard InChI is InChI=1S/C23H19N5O2S/c1-30-16-9-10-17-19(12-16)27-23(26-17)31-14-21(29)24-18-8-5-11-28-13-20(25-22(18)28)15-6-3-2-4-7-15/h2-13H,14H2,1H3,(H,24,29)(H,26,27). The quantitative estimate of drug-likeness (QED) is 0.385. The van der Waals surface area contributed by atoms with Gasteiger partial charge in [-0.3, -0.25) is 4.79 Å². The SMILES string of the molecule is COc1ccc2nc(SCC(=O)Nc3cccn4cc(-c5ccccc5)nc34)[nH]c2c1. The molecule has 0 aliphatic carbocycles. The molecule has 3 aromatic heterocycles. The first-order valence-corrected chi connectivity index (χ1v) is 10.7. The number of imidazole rings is 2. The van der Waals surface area contributed by atoms with Crippen molar-refractivity contribution in [1.82, 2.24) is 19.4 Å². The van der Waals surface area contributed by atoms with Crippen molar-refractivity contribution in [3.05, 3.63) is 73.1 Å². The Labute approximate surface area is 182 Å². The Morgan fingerprint density at radius 2 is 2.00 bits per heavy atom. The van der Waals surface area contributed by atoms with Crippen molar-refractivity contribution in [3.8, 4) is 17.0 Å². The first-order chi connectivity index (χ1) is 15.2. The van der Waals surface area contributed by atoms with Gasteiger partial charge in [0.2, 0.25) is 5.91 Å². The molecule has 7 nitrogen and oxygen atoms in total. The Kier molecular flexibility index (Phi) is 5.05. The molecule has 0 spiro atoms. The number of hydrogen-bond donors (Lipinski definition) is 2. The smallest absolute Gasteiger partial charge is 0.234 e. The molecule has 0 aliphatic heterocycles. The summed E-state index contributed by atoms with van der Waals surface area (Å²) < 4.78 is 7.15. The molecular formula is C23H19N5O2S. The van der Waals surface area contributed by atoms with Crippen LogP contribution in [0, 0.1) is 0 Å². The van der Waals surface area contributed by atoms with Gasteiger partial charge in [-0.1, -0.05) is 42.1 Å². The van der Waals surface area contributed by atoms with E-state index in [1.165, 1.54) is 11.8 Å². The molecular weight excluding hydrogens is 410 g/mol. The van der Waals surface area contributed by atoms with Crippen molar-refractivity contribution in [3.63, 3.8) is 0 Å². The number of aromatic nitrogens is 4. The van der Waals surface area contributed by atoms with Crippen LogP contribution in [-0.2, 0) is 4.79 Å². The van der Waals surface area contributed by atoms with E-state index >= 15 is 0 Å². The number of benzene rings is 2. The lowest BCUT2D eigenvalue weighted by molar-refractivity contribution is -0.113. The number of pyridine rings is 1. The predicted octanol–water partition coefficient (Wildman–Crippen LogP) is 4.62. The van der Waals surface area contributed by atoms with E-state index in [9.17, 15) is 4.79 Å². The van der Waals surface area contributed by atoms with Crippen LogP contribution in [0.3, 0.4) is 0 Å². The molecule has 0 unspecified atom stereocenters. The maximum atomic E-state index is 12.6. The molecule has 2 N–H and O–H groups in total. The van der Waals surface area contributed by atoms with Crippen LogP contribution in [0.2, 0.25) is 0 Å². The average molecular weight is 430 g/mol. The Hall–Kier alpha value is -3.78. The molecule has 0 radical (unpaired) electrons. The van der Waals surface area contributed by atoms with Crippen LogP contribution in [0.15, 0.2) is 78.2 Å². The van der Waals surface area contributed by atoms with Gasteiger partial charge >= 0.3 is 0 Å². The van der Waals surface area contributed by atoms with Gasteiger partial charge in [-0.25, -0.2) is 9.97 Å². The molecule has 0 fully saturated rings. The number of H-pyrrole nitrogens is 1. The molecule has 154 valence electrons. The highest BCUT2D eigenvalue weighted by molar-refractivity contribution is 7.99. The molecule has 0 aliphatic rings. The molecule has 8 heteroatoms. The van der Waals surface area contributed by atoms with Crippen molar-refractivity contribution in [2.75, 3.05) is 18.2 Å². The molecule has 0 bridgehead atoms. The van der Waals surface area contributed by atoms with Crippen LogP contribution in [0.4, 0.5) is 5.69 Å². The van der Waals surface area contributed by atoms with Gasteiger partial charge in [0, 0.05) is 24.0 Å². The Morgan fingerprint density at radius 1 is 1.13 bits per heavy atom. The predicted molar refractivity (Wildman–Crippen MR) is 123 cm³/mol. The third kappa shape index (κ3) is 3.97. The number of carbonyl (C=O) groups excluding carboxylic acids is 1. The highest BCUT2D eigenvalue weighted by atomic mass is 32.2. The number of thioether (sulfide) groups is 1. The van der Waals surface area contributed by atoms with Crippen LogP contribution in [0.1, 0.15) is 0 Å². The summed E-state index contributed by atoms with van der Waals surface area (Å²) >= 11 is 1.35. The highest BCUT2D eigenvalue weighted by Gasteiger charge is 2.12. The summed E-state index contributed by atoms with van der Waals surface area (Å²) in [6.45, 7) is 0. The summed E-state index contributed by atoms with van der Waals surface area (Å²) in [6.07, 6.45) is 3.87. The molecule has 1 amide bonds. The lowest BCUT2D eigenvalue weighted by Crippen LogP contribution is -2.14. The van der Waals surface area contributed by atoms with E-state index in [2.05, 4.69) is 15.3 Å². The number of amides is 1. The first-order valence-electron chi connectivity index (χ1n) is 9.69. The molecule has 0 atom stereocenters. The largest absolute Gasteiger partial charge is 0.497 e. The number of nitrogens with one attached hydrogen (secondary N) is 2. The first kappa shape index (κ1) is 19.2. The van der Waals surface area contributed by atoms with Crippen molar-refractivity contribution < 1.29 is 9.53 Å². The highest BCUT2D eigenvalue weighted by Crippen LogP contribution is 2.25. The van der Waals surface area contributed by atoms with Gasteiger partial charge in [0.15, 0.2) is 10.8 Å². The molecule has 2 aromatic carbocycles. The number of hydrogen-bond acceptors (Lipinski definition) is 5. The maximum absolute atomic E-state index is 12.6. The summed E-state index contributed by atoms with van der Waals surface area (Å²) in [5.74, 6) is 0.859. The Bertz CT molecular complexity index is 1380. The molecule has 0 saturated heterocycles. The zero-order chi connectivity index (χ0) is 21.2. The minimum absolute atomic E-state index is 0.125. The minimum atomic E-state index is -0.125. The van der Waals surface area contributed by atoms with Gasteiger partial charge < -0.3 is 19.4 Å². The fourth-order valence-electron chi connectivity index (χ4n) is 3.34. The number of methoxy groups -OCH3 is 1. The second-order valence-corrected chi connectivity index (χ2v) is 7.87. The number of nitrogens with zero attached hydrogens (tertiary/aromatic N) is 3. The van der Waals surface area contributed by atoms with Gasteiger partial charge in [-0.2, -0.15) is 0 Å². The van der Waals surface area contributed by atoms with Crippen molar-refractivity contribution in [2.45, 2.75) is 5.16 Å². The normalized spacial score (nSPS) is 11.1. The second kappa shape index (κ2) is 8.16. The topological polar surface area (TPSA) is 84.3 Å². The van der Waals surface area contributed by atoms with E-state index < -0.39 is 0 Å². The summed E-state index contributed by atoms with van der Waals surface area (Å²) in [4.78, 5) is 25.0. The lowest BCUT2D eigenvalue weighted by atomic mass is 10.2. The Morgan fingerprint density at radius 3 is 2.84 bits per heavy atom. The van der Waals surface area contributed by atoms with E-state index in [4.69, 9.17) is 9.72 Å². The van der Waals surface area contributed by atoms with Gasteiger partial charge in [0.05, 0.1) is 35.3 Å². The Balaban J connectivity index is 1.30. The third-order valence-electron chi connectivity index (χ3n) is 4.83. The van der Waals surface area contributed by atoms with Crippen LogP contribution < -0.4 is 10.1 Å². The van der Waals surface area contributed by atoms with E-state index in [0.29, 0.717) is 16.5 Å². The fraction of sp³-hybridized carbons (Fsp3) is 0.0870. The number of fused-ring (bicyclic) bond motifs is 2. The van der Waals surface area contributed by atoms with Gasteiger partial charge in [0.1, 0.15) is 5.75 Å². The van der Waals surface area contributed by atoms with Gasteiger partial charge in [0.25, 0.3) is 0 Å². The molecule has 3 heterocycles. The van der Waals surface area contributed by atoms with Gasteiger partial charge in [-0.05, 0) is 24.3 Å². The number of anilines is 1. The summed E-state index contributed by atoms with van der Waals surface area (Å²) in [6, 6.07) is 19.3. The van der Waals surface area contributed by atoms with E-state index in [1.807, 2.05) is 77.5 Å². The molecule has 31 heavy (non-hydrogen) atoms. The van der Waals surface area contributed by atoms with Crippen LogP contribution in [0.25, 0.3) is 27.9 Å². The van der Waals surface area contributed by atoms with Gasteiger partial charge in [-0.15, -0.1) is 0 Å². The third-order valence-corrected chi connectivity index (χ3v) is 5.71. The van der Waals surface area contributed by atoms with Crippen LogP contribution in [-0.4, -0.2) is 38.1 Å². The number of carbonyl (C=O) groups is 1. The molecule has 0 saturated carbocycles. The maximum Gasteiger partial charge on any atom is 0.234 e.